The van der Waals surface area contributed by atoms with Crippen molar-refractivity contribution in [2.45, 2.75) is 25.3 Å². The molecule has 0 aliphatic rings. The zero-order chi connectivity index (χ0) is 20.4. The molecule has 1 rings (SSSR count). The molecule has 1 heterocycles. The van der Waals surface area contributed by atoms with E-state index in [2.05, 4.69) is 0 Å². The van der Waals surface area contributed by atoms with E-state index in [0.29, 0.717) is 39.4 Å². The highest BCUT2D eigenvalue weighted by Crippen LogP contribution is 2.13. The number of carbonyl (C=O) groups is 1. The van der Waals surface area contributed by atoms with Gasteiger partial charge in [0, 0.05) is 52.7 Å². The van der Waals surface area contributed by atoms with Gasteiger partial charge in [0.1, 0.15) is 6.54 Å². The molecule has 0 N–H and O–H groups in total. The van der Waals surface area contributed by atoms with Gasteiger partial charge in [0.05, 0.1) is 18.1 Å². The monoisotopic (exact) mass is 403 g/mol. The summed E-state index contributed by atoms with van der Waals surface area (Å²) in [7, 11) is -0.651. The Bertz CT molecular complexity index is 750. The molecule has 0 unspecified atom stereocenters. The third kappa shape index (κ3) is 6.42. The molecule has 0 spiro atoms. The average molecular weight is 404 g/mol. The number of methoxy groups -OCH3 is 2. The fourth-order valence-corrected chi connectivity index (χ4v) is 3.99. The van der Waals surface area contributed by atoms with Crippen LogP contribution in [-0.2, 0) is 30.8 Å². The van der Waals surface area contributed by atoms with Crippen molar-refractivity contribution in [1.29, 1.82) is 0 Å². The Hall–Kier alpha value is -1.75. The zero-order valence-corrected chi connectivity index (χ0v) is 17.2. The minimum Gasteiger partial charge on any atom is -0.383 e. The molecule has 0 saturated carbocycles. The lowest BCUT2D eigenvalue weighted by Crippen LogP contribution is -2.40. The Labute approximate surface area is 160 Å². The first-order chi connectivity index (χ1) is 12.8. The van der Waals surface area contributed by atoms with Crippen LogP contribution < -0.4 is 5.56 Å². The van der Waals surface area contributed by atoms with Crippen molar-refractivity contribution < 1.29 is 22.7 Å². The van der Waals surface area contributed by atoms with Crippen LogP contribution in [0.5, 0.6) is 0 Å². The second-order valence-corrected chi connectivity index (χ2v) is 7.72. The molecule has 0 radical (unpaired) electrons. The minimum atomic E-state index is -3.72. The number of pyridine rings is 1. The normalized spacial score (nSPS) is 11.7. The molecular formula is C17H29N3O6S. The molecule has 0 atom stereocenters. The van der Waals surface area contributed by atoms with Crippen molar-refractivity contribution in [2.75, 3.05) is 53.6 Å². The number of aromatic nitrogens is 1. The van der Waals surface area contributed by atoms with Gasteiger partial charge in [0.2, 0.25) is 15.9 Å². The summed E-state index contributed by atoms with van der Waals surface area (Å²) in [5.41, 5.74) is -0.444. The van der Waals surface area contributed by atoms with E-state index in [1.807, 2.05) is 0 Å². The number of rotatable bonds is 12. The summed E-state index contributed by atoms with van der Waals surface area (Å²) in [6, 6.07) is 2.43. The number of ether oxygens (including phenoxy) is 2. The van der Waals surface area contributed by atoms with Crippen LogP contribution in [0.3, 0.4) is 0 Å². The molecule has 0 bridgehead atoms. The molecule has 0 saturated heterocycles. The van der Waals surface area contributed by atoms with E-state index >= 15 is 0 Å². The van der Waals surface area contributed by atoms with E-state index in [4.69, 9.17) is 9.47 Å². The van der Waals surface area contributed by atoms with Gasteiger partial charge in [-0.3, -0.25) is 9.59 Å². The fraction of sp³-hybridized carbons (Fsp3) is 0.647. The predicted molar refractivity (Wildman–Crippen MR) is 101 cm³/mol. The summed E-state index contributed by atoms with van der Waals surface area (Å²) in [5, 5.41) is 0. The fourth-order valence-electron chi connectivity index (χ4n) is 2.51. The van der Waals surface area contributed by atoms with Crippen molar-refractivity contribution in [3.63, 3.8) is 0 Å². The second-order valence-electron chi connectivity index (χ2n) is 5.79. The van der Waals surface area contributed by atoms with Gasteiger partial charge < -0.3 is 18.9 Å². The molecule has 1 aromatic rings. The van der Waals surface area contributed by atoms with E-state index in [1.54, 1.807) is 13.8 Å². The van der Waals surface area contributed by atoms with Gasteiger partial charge in [-0.25, -0.2) is 8.42 Å². The van der Waals surface area contributed by atoms with Gasteiger partial charge >= 0.3 is 0 Å². The molecule has 0 aliphatic carbocycles. The number of hydrogen-bond acceptors (Lipinski definition) is 6. The first kappa shape index (κ1) is 23.3. The minimum absolute atomic E-state index is 0.0149. The van der Waals surface area contributed by atoms with Crippen LogP contribution >= 0.6 is 0 Å². The van der Waals surface area contributed by atoms with Gasteiger partial charge in [0.25, 0.3) is 5.56 Å². The van der Waals surface area contributed by atoms with Crippen LogP contribution in [-0.4, -0.2) is 81.7 Å². The molecule has 0 fully saturated rings. The number of nitrogens with zero attached hydrogens (tertiary/aromatic N) is 3. The summed E-state index contributed by atoms with van der Waals surface area (Å²) in [5.74, 6) is -0.316. The molecule has 1 aromatic heterocycles. The largest absolute Gasteiger partial charge is 0.383 e. The van der Waals surface area contributed by atoms with Crippen molar-refractivity contribution in [3.8, 4) is 0 Å². The first-order valence-electron chi connectivity index (χ1n) is 8.78. The average Bonchev–Trinajstić information content (AvgIpc) is 2.64. The topological polar surface area (TPSA) is 98.2 Å². The maximum absolute atomic E-state index is 12.6. The molecule has 27 heavy (non-hydrogen) atoms. The summed E-state index contributed by atoms with van der Waals surface area (Å²) in [6.45, 7) is 5.26. The molecule has 9 nitrogen and oxygen atoms in total. The molecule has 154 valence electrons. The van der Waals surface area contributed by atoms with E-state index < -0.39 is 15.6 Å². The van der Waals surface area contributed by atoms with E-state index in [1.165, 1.54) is 35.7 Å². The maximum atomic E-state index is 12.6. The Morgan fingerprint density at radius 1 is 1.07 bits per heavy atom. The van der Waals surface area contributed by atoms with Crippen LogP contribution in [0.2, 0.25) is 0 Å². The van der Waals surface area contributed by atoms with Gasteiger partial charge in [-0.15, -0.1) is 0 Å². The van der Waals surface area contributed by atoms with Gasteiger partial charge in [-0.05, 0) is 6.07 Å². The van der Waals surface area contributed by atoms with Crippen molar-refractivity contribution in [1.82, 2.24) is 13.8 Å². The van der Waals surface area contributed by atoms with Crippen LogP contribution in [0.4, 0.5) is 0 Å². The Morgan fingerprint density at radius 2 is 1.63 bits per heavy atom. The smallest absolute Gasteiger partial charge is 0.251 e. The Balaban J connectivity index is 3.09. The quantitative estimate of drug-likeness (QED) is 0.487. The van der Waals surface area contributed by atoms with E-state index in [9.17, 15) is 18.0 Å². The summed E-state index contributed by atoms with van der Waals surface area (Å²) >= 11 is 0. The Morgan fingerprint density at radius 3 is 2.11 bits per heavy atom. The van der Waals surface area contributed by atoms with Crippen LogP contribution in [0.15, 0.2) is 28.0 Å². The summed E-state index contributed by atoms with van der Waals surface area (Å²) < 4.78 is 37.7. The van der Waals surface area contributed by atoms with Crippen molar-refractivity contribution in [3.05, 3.63) is 28.7 Å². The summed E-state index contributed by atoms with van der Waals surface area (Å²) in [4.78, 5) is 26.2. The zero-order valence-electron chi connectivity index (χ0n) is 16.4. The number of hydrogen-bond donors (Lipinski definition) is 0. The molecule has 0 aliphatic heterocycles. The number of carbonyl (C=O) groups excluding carboxylic acids is 1. The number of sulfonamides is 1. The highest BCUT2D eigenvalue weighted by molar-refractivity contribution is 7.89. The lowest BCUT2D eigenvalue weighted by Gasteiger charge is -2.23. The SMILES string of the molecule is CCN(CC)S(=O)(=O)c1ccc(=O)n(CC(=O)N(CCOC)CCOC)c1. The summed E-state index contributed by atoms with van der Waals surface area (Å²) in [6.07, 6.45) is 1.22. The lowest BCUT2D eigenvalue weighted by molar-refractivity contribution is -0.133. The van der Waals surface area contributed by atoms with Crippen LogP contribution in [0, 0.1) is 0 Å². The predicted octanol–water partition coefficient (Wildman–Crippen LogP) is 0.000200. The van der Waals surface area contributed by atoms with Gasteiger partial charge in [0.15, 0.2) is 0 Å². The molecular weight excluding hydrogens is 374 g/mol. The van der Waals surface area contributed by atoms with Gasteiger partial charge in [-0.2, -0.15) is 4.31 Å². The Kier molecular flexibility index (Phi) is 9.64. The third-order valence-corrected chi connectivity index (χ3v) is 6.12. The highest BCUT2D eigenvalue weighted by atomic mass is 32.2. The maximum Gasteiger partial charge on any atom is 0.251 e. The van der Waals surface area contributed by atoms with Crippen molar-refractivity contribution >= 4 is 15.9 Å². The van der Waals surface area contributed by atoms with E-state index in [0.717, 1.165) is 10.6 Å². The lowest BCUT2D eigenvalue weighted by atomic mass is 10.4. The van der Waals surface area contributed by atoms with Crippen LogP contribution in [0.1, 0.15) is 13.8 Å². The first-order valence-corrected chi connectivity index (χ1v) is 10.2. The number of amides is 1. The molecule has 1 amide bonds. The van der Waals surface area contributed by atoms with Crippen molar-refractivity contribution in [2.24, 2.45) is 0 Å². The highest BCUT2D eigenvalue weighted by Gasteiger charge is 2.23. The molecule has 0 aromatic carbocycles. The molecule has 10 heteroatoms. The van der Waals surface area contributed by atoms with Crippen LogP contribution in [0.25, 0.3) is 0 Å². The van der Waals surface area contributed by atoms with E-state index in [-0.39, 0.29) is 17.3 Å². The standard InChI is InChI=1S/C17H29N3O6S/c1-5-20(6-2)27(23,24)15-7-8-16(21)19(13-15)14-17(22)18(9-11-25-3)10-12-26-4/h7-8,13H,5-6,9-12,14H2,1-4H3. The second kappa shape index (κ2) is 11.2. The van der Waals surface area contributed by atoms with Gasteiger partial charge in [-0.1, -0.05) is 13.8 Å². The third-order valence-electron chi connectivity index (χ3n) is 4.09.